The summed E-state index contributed by atoms with van der Waals surface area (Å²) in [5.41, 5.74) is 6.92. The Kier molecular flexibility index (Phi) is 5.00. The molecular formula is C25H22FN3O4. The molecular weight excluding hydrogens is 425 g/mol. The normalized spacial score (nSPS) is 16.9. The number of rotatable bonds is 4. The van der Waals surface area contributed by atoms with Gasteiger partial charge < -0.3 is 20.4 Å². The van der Waals surface area contributed by atoms with Crippen LogP contribution in [-0.2, 0) is 20.7 Å². The number of aromatic amines is 1. The molecule has 2 amide bonds. The maximum atomic E-state index is 13.3. The second-order valence-electron chi connectivity index (χ2n) is 8.42. The Balaban J connectivity index is 1.57. The molecule has 3 aromatic rings. The van der Waals surface area contributed by atoms with Crippen molar-refractivity contribution >= 4 is 34.3 Å². The SMILES string of the molecule is NC(=O)C1(OC(=O)C2=CN(C(=O)c3ccc(F)cc3)CCc3c2[nH]c2ccccc32)CCC1. The van der Waals surface area contributed by atoms with Crippen LogP contribution in [0, 0.1) is 5.82 Å². The number of aromatic nitrogens is 1. The number of benzene rings is 2. The van der Waals surface area contributed by atoms with E-state index in [0.717, 1.165) is 22.9 Å². The maximum absolute atomic E-state index is 13.3. The lowest BCUT2D eigenvalue weighted by Gasteiger charge is -2.37. The van der Waals surface area contributed by atoms with Crippen molar-refractivity contribution in [2.45, 2.75) is 31.3 Å². The summed E-state index contributed by atoms with van der Waals surface area (Å²) >= 11 is 0. The number of ether oxygens (including phenoxy) is 1. The second-order valence-corrected chi connectivity index (χ2v) is 8.42. The van der Waals surface area contributed by atoms with Gasteiger partial charge in [-0.25, -0.2) is 9.18 Å². The predicted octanol–water partition coefficient (Wildman–Crippen LogP) is 3.30. The zero-order chi connectivity index (χ0) is 23.2. The first-order chi connectivity index (χ1) is 15.9. The molecule has 0 radical (unpaired) electrons. The highest BCUT2D eigenvalue weighted by atomic mass is 19.1. The molecule has 33 heavy (non-hydrogen) atoms. The highest BCUT2D eigenvalue weighted by molar-refractivity contribution is 6.19. The van der Waals surface area contributed by atoms with Gasteiger partial charge in [0.2, 0.25) is 0 Å². The summed E-state index contributed by atoms with van der Waals surface area (Å²) in [6.07, 6.45) is 3.42. The Morgan fingerprint density at radius 1 is 1.06 bits per heavy atom. The summed E-state index contributed by atoms with van der Waals surface area (Å²) < 4.78 is 19.0. The quantitative estimate of drug-likeness (QED) is 0.599. The molecule has 0 bridgehead atoms. The van der Waals surface area contributed by atoms with Crippen LogP contribution >= 0.6 is 0 Å². The summed E-state index contributed by atoms with van der Waals surface area (Å²) in [5, 5.41) is 0.940. The van der Waals surface area contributed by atoms with Crippen LogP contribution in [-0.4, -0.2) is 39.8 Å². The molecule has 5 rings (SSSR count). The van der Waals surface area contributed by atoms with E-state index in [0.29, 0.717) is 37.1 Å². The van der Waals surface area contributed by atoms with Gasteiger partial charge in [-0.15, -0.1) is 0 Å². The minimum absolute atomic E-state index is 0.140. The number of nitrogens with two attached hydrogens (primary N) is 1. The van der Waals surface area contributed by atoms with Crippen molar-refractivity contribution in [3.8, 4) is 0 Å². The second kappa shape index (κ2) is 7.88. The van der Waals surface area contributed by atoms with Gasteiger partial charge in [-0.1, -0.05) is 18.2 Å². The van der Waals surface area contributed by atoms with Crippen molar-refractivity contribution in [2.75, 3.05) is 6.54 Å². The number of primary amides is 1. The van der Waals surface area contributed by atoms with Crippen molar-refractivity contribution in [1.29, 1.82) is 0 Å². The lowest BCUT2D eigenvalue weighted by Crippen LogP contribution is -2.52. The molecule has 3 N–H and O–H groups in total. The summed E-state index contributed by atoms with van der Waals surface area (Å²) in [7, 11) is 0. The highest BCUT2D eigenvalue weighted by Gasteiger charge is 2.47. The number of H-pyrrole nitrogens is 1. The minimum Gasteiger partial charge on any atom is -0.445 e. The van der Waals surface area contributed by atoms with E-state index in [1.165, 1.54) is 35.4 Å². The highest BCUT2D eigenvalue weighted by Crippen LogP contribution is 2.38. The smallest absolute Gasteiger partial charge is 0.342 e. The first-order valence-electron chi connectivity index (χ1n) is 10.8. The number of fused-ring (bicyclic) bond motifs is 3. The number of nitrogens with zero attached hydrogens (tertiary/aromatic N) is 1. The first kappa shape index (κ1) is 20.9. The minimum atomic E-state index is -1.32. The molecule has 1 fully saturated rings. The first-order valence-corrected chi connectivity index (χ1v) is 10.8. The number of amides is 2. The third kappa shape index (κ3) is 3.57. The molecule has 0 spiro atoms. The predicted molar refractivity (Wildman–Crippen MR) is 119 cm³/mol. The van der Waals surface area contributed by atoms with Crippen molar-refractivity contribution in [3.05, 3.63) is 77.4 Å². The Labute approximate surface area is 189 Å². The van der Waals surface area contributed by atoms with Gasteiger partial charge >= 0.3 is 5.97 Å². The van der Waals surface area contributed by atoms with Gasteiger partial charge in [0.15, 0.2) is 5.60 Å². The molecule has 2 aliphatic rings. The number of carbonyl (C=O) groups is 3. The molecule has 8 heteroatoms. The van der Waals surface area contributed by atoms with Crippen LogP contribution in [0.4, 0.5) is 4.39 Å². The topological polar surface area (TPSA) is 105 Å². The van der Waals surface area contributed by atoms with E-state index in [2.05, 4.69) is 4.98 Å². The maximum Gasteiger partial charge on any atom is 0.342 e. The Bertz CT molecular complexity index is 1300. The number of nitrogens with one attached hydrogen (secondary N) is 1. The van der Waals surface area contributed by atoms with E-state index in [1.807, 2.05) is 24.3 Å². The van der Waals surface area contributed by atoms with E-state index < -0.39 is 23.3 Å². The van der Waals surface area contributed by atoms with Crippen LogP contribution in [0.2, 0.25) is 0 Å². The standard InChI is InChI=1S/C25H22FN3O4/c26-16-8-6-15(7-9-16)22(30)29-13-10-18-17-4-1-2-5-20(17)28-21(18)19(14-29)23(31)33-25(24(27)32)11-3-12-25/h1-2,4-9,14,28H,3,10-13H2,(H2,27,32). The van der Waals surface area contributed by atoms with Crippen molar-refractivity contribution in [2.24, 2.45) is 5.73 Å². The van der Waals surface area contributed by atoms with Gasteiger partial charge in [0.05, 0.1) is 11.3 Å². The third-order valence-corrected chi connectivity index (χ3v) is 6.44. The molecule has 7 nitrogen and oxygen atoms in total. The Hall–Kier alpha value is -3.94. The van der Waals surface area contributed by atoms with Crippen LogP contribution in [0.15, 0.2) is 54.7 Å². The van der Waals surface area contributed by atoms with E-state index in [4.69, 9.17) is 10.5 Å². The Morgan fingerprint density at radius 2 is 1.79 bits per heavy atom. The summed E-state index contributed by atoms with van der Waals surface area (Å²) in [6.45, 7) is 0.308. The van der Waals surface area contributed by atoms with Crippen molar-refractivity contribution in [1.82, 2.24) is 9.88 Å². The molecule has 1 aromatic heterocycles. The lowest BCUT2D eigenvalue weighted by molar-refractivity contribution is -0.171. The zero-order valence-corrected chi connectivity index (χ0v) is 17.8. The molecule has 1 aliphatic heterocycles. The molecule has 2 heterocycles. The van der Waals surface area contributed by atoms with Gasteiger partial charge in [0, 0.05) is 29.2 Å². The third-order valence-electron chi connectivity index (χ3n) is 6.44. The number of hydrogen-bond donors (Lipinski definition) is 2. The molecule has 2 aromatic carbocycles. The molecule has 168 valence electrons. The number of halogens is 1. The molecule has 0 unspecified atom stereocenters. The fourth-order valence-electron chi connectivity index (χ4n) is 4.41. The van der Waals surface area contributed by atoms with E-state index in [-0.39, 0.29) is 11.5 Å². The average Bonchev–Trinajstić information content (AvgIpc) is 3.03. The summed E-state index contributed by atoms with van der Waals surface area (Å²) in [4.78, 5) is 43.2. The van der Waals surface area contributed by atoms with Crippen LogP contribution in [0.1, 0.15) is 40.9 Å². The molecule has 0 saturated heterocycles. The molecule has 1 saturated carbocycles. The fourth-order valence-corrected chi connectivity index (χ4v) is 4.41. The summed E-state index contributed by atoms with van der Waals surface area (Å²) in [5.74, 6) is -2.21. The van der Waals surface area contributed by atoms with E-state index in [9.17, 15) is 18.8 Å². The van der Waals surface area contributed by atoms with E-state index >= 15 is 0 Å². The van der Waals surface area contributed by atoms with Gasteiger partial charge in [0.1, 0.15) is 5.82 Å². The van der Waals surface area contributed by atoms with Gasteiger partial charge in [-0.2, -0.15) is 0 Å². The average molecular weight is 447 g/mol. The number of hydrogen-bond acceptors (Lipinski definition) is 4. The number of carbonyl (C=O) groups excluding carboxylic acids is 3. The van der Waals surface area contributed by atoms with Crippen LogP contribution in [0.5, 0.6) is 0 Å². The van der Waals surface area contributed by atoms with Crippen molar-refractivity contribution < 1.29 is 23.5 Å². The van der Waals surface area contributed by atoms with Crippen LogP contribution in [0.3, 0.4) is 0 Å². The van der Waals surface area contributed by atoms with Crippen molar-refractivity contribution in [3.63, 3.8) is 0 Å². The Morgan fingerprint density at radius 3 is 2.45 bits per heavy atom. The van der Waals surface area contributed by atoms with Gasteiger partial charge in [-0.3, -0.25) is 9.59 Å². The van der Waals surface area contributed by atoms with Gasteiger partial charge in [-0.05, 0) is 61.6 Å². The number of esters is 1. The zero-order valence-electron chi connectivity index (χ0n) is 17.8. The van der Waals surface area contributed by atoms with Gasteiger partial charge in [0.25, 0.3) is 11.8 Å². The fraction of sp³-hybridized carbons (Fsp3) is 0.240. The van der Waals surface area contributed by atoms with Crippen LogP contribution < -0.4 is 5.73 Å². The summed E-state index contributed by atoms with van der Waals surface area (Å²) in [6, 6.07) is 12.9. The van der Waals surface area contributed by atoms with Crippen LogP contribution in [0.25, 0.3) is 16.5 Å². The molecule has 1 aliphatic carbocycles. The number of para-hydroxylation sites is 1. The van der Waals surface area contributed by atoms with E-state index in [1.54, 1.807) is 0 Å². The molecule has 0 atom stereocenters. The monoisotopic (exact) mass is 447 g/mol. The largest absolute Gasteiger partial charge is 0.445 e. The lowest BCUT2D eigenvalue weighted by atomic mass is 9.79.